The maximum Gasteiger partial charge on any atom is 0.416 e. The maximum atomic E-state index is 14.3. The van der Waals surface area contributed by atoms with Crippen molar-refractivity contribution < 1.29 is 17.6 Å². The Bertz CT molecular complexity index is 1730. The molecule has 1 aliphatic rings. The zero-order valence-electron chi connectivity index (χ0n) is 20.4. The number of thioether (sulfide) groups is 1. The highest BCUT2D eigenvalue weighted by Gasteiger charge is 2.31. The van der Waals surface area contributed by atoms with Crippen LogP contribution in [-0.2, 0) is 24.9 Å². The number of aromatic nitrogens is 4. The first-order valence-corrected chi connectivity index (χ1v) is 13.1. The number of hydrogen-bond acceptors (Lipinski definition) is 5. The summed E-state index contributed by atoms with van der Waals surface area (Å²) in [6, 6.07) is 19.0. The predicted octanol–water partition coefficient (Wildman–Crippen LogP) is 6.12. The second-order valence-electron chi connectivity index (χ2n) is 9.14. The van der Waals surface area contributed by atoms with Gasteiger partial charge in [-0.3, -0.25) is 9.36 Å². The number of alkyl halides is 3. The van der Waals surface area contributed by atoms with Crippen molar-refractivity contribution in [2.24, 2.45) is 0 Å². The number of fused-ring (bicyclic) bond motifs is 2. The fourth-order valence-corrected chi connectivity index (χ4v) is 5.63. The van der Waals surface area contributed by atoms with E-state index in [-0.39, 0.29) is 23.4 Å². The van der Waals surface area contributed by atoms with Crippen molar-refractivity contribution in [3.8, 4) is 5.69 Å². The zero-order valence-corrected chi connectivity index (χ0v) is 21.2. The molecule has 0 bridgehead atoms. The van der Waals surface area contributed by atoms with Crippen molar-refractivity contribution in [1.29, 1.82) is 0 Å². The average molecular weight is 552 g/mol. The molecule has 6 nitrogen and oxygen atoms in total. The third-order valence-corrected chi connectivity index (χ3v) is 7.61. The number of imidazole rings is 1. The van der Waals surface area contributed by atoms with Gasteiger partial charge in [-0.2, -0.15) is 13.2 Å². The van der Waals surface area contributed by atoms with E-state index >= 15 is 0 Å². The lowest BCUT2D eigenvalue weighted by Gasteiger charge is -2.28. The molecule has 0 unspecified atom stereocenters. The van der Waals surface area contributed by atoms with Crippen LogP contribution < -0.4 is 10.5 Å². The van der Waals surface area contributed by atoms with Crippen molar-refractivity contribution in [3.63, 3.8) is 0 Å². The topological polar surface area (TPSA) is 66.8 Å². The van der Waals surface area contributed by atoms with Crippen molar-refractivity contribution in [2.45, 2.75) is 30.1 Å². The van der Waals surface area contributed by atoms with Crippen LogP contribution >= 0.6 is 11.8 Å². The maximum absolute atomic E-state index is 14.3. The van der Waals surface area contributed by atoms with Gasteiger partial charge < -0.3 is 9.88 Å². The van der Waals surface area contributed by atoms with Crippen molar-refractivity contribution in [3.05, 3.63) is 111 Å². The van der Waals surface area contributed by atoms with Gasteiger partial charge in [-0.05, 0) is 42.0 Å². The summed E-state index contributed by atoms with van der Waals surface area (Å²) in [6.07, 6.45) is -4.02. The van der Waals surface area contributed by atoms with Crippen molar-refractivity contribution in [2.75, 3.05) is 11.4 Å². The van der Waals surface area contributed by atoms with Gasteiger partial charge in [0.25, 0.3) is 5.56 Å². The molecule has 0 saturated carbocycles. The molecule has 0 amide bonds. The van der Waals surface area contributed by atoms with Crippen molar-refractivity contribution in [1.82, 2.24) is 19.5 Å². The number of hydrogen-bond donors (Lipinski definition) is 1. The number of nitrogens with zero attached hydrogens (tertiary/aromatic N) is 4. The Balaban J connectivity index is 1.36. The van der Waals surface area contributed by atoms with Crippen LogP contribution in [0.15, 0.2) is 82.7 Å². The molecule has 2 aromatic heterocycles. The van der Waals surface area contributed by atoms with Crippen LogP contribution in [0, 0.1) is 5.82 Å². The normalized spacial score (nSPS) is 13.6. The van der Waals surface area contributed by atoms with Crippen LogP contribution in [0.4, 0.5) is 23.5 Å². The summed E-state index contributed by atoms with van der Waals surface area (Å²) >= 11 is 1.29. The lowest BCUT2D eigenvalue weighted by Crippen LogP contribution is -2.38. The Morgan fingerprint density at radius 2 is 1.74 bits per heavy atom. The quantitative estimate of drug-likeness (QED) is 0.162. The second kappa shape index (κ2) is 9.88. The van der Waals surface area contributed by atoms with Gasteiger partial charge >= 0.3 is 6.18 Å². The number of anilines is 1. The van der Waals surface area contributed by atoms with Crippen LogP contribution in [0.5, 0.6) is 0 Å². The Hall–Kier alpha value is -4.12. The average Bonchev–Trinajstić information content (AvgIpc) is 3.36. The van der Waals surface area contributed by atoms with E-state index in [1.165, 1.54) is 28.5 Å². The molecule has 1 aliphatic heterocycles. The molecule has 0 saturated heterocycles. The molecule has 39 heavy (non-hydrogen) atoms. The molecule has 0 aliphatic carbocycles. The van der Waals surface area contributed by atoms with E-state index in [2.05, 4.69) is 9.97 Å². The van der Waals surface area contributed by atoms with Gasteiger partial charge in [-0.25, -0.2) is 14.4 Å². The fourth-order valence-electron chi connectivity index (χ4n) is 4.62. The first-order valence-electron chi connectivity index (χ1n) is 12.2. The molecule has 1 N–H and O–H groups in total. The van der Waals surface area contributed by atoms with Gasteiger partial charge in [0.05, 0.1) is 40.1 Å². The van der Waals surface area contributed by atoms with Gasteiger partial charge in [-0.15, -0.1) is 0 Å². The number of H-pyrrole nitrogens is 1. The summed E-state index contributed by atoms with van der Waals surface area (Å²) in [5.74, 6) is 0.370. The second-order valence-corrected chi connectivity index (χ2v) is 10.1. The van der Waals surface area contributed by atoms with Gasteiger partial charge in [-0.1, -0.05) is 48.2 Å². The third-order valence-electron chi connectivity index (χ3n) is 6.62. The summed E-state index contributed by atoms with van der Waals surface area (Å²) in [7, 11) is 0. The summed E-state index contributed by atoms with van der Waals surface area (Å²) in [4.78, 5) is 28.0. The minimum atomic E-state index is -4.46. The Morgan fingerprint density at radius 3 is 2.51 bits per heavy atom. The van der Waals surface area contributed by atoms with E-state index in [1.54, 1.807) is 30.3 Å². The van der Waals surface area contributed by atoms with Crippen LogP contribution in [-0.4, -0.2) is 26.1 Å². The minimum Gasteiger partial charge on any atom is -0.337 e. The molecule has 0 radical (unpaired) electrons. The lowest BCUT2D eigenvalue weighted by molar-refractivity contribution is -0.137. The number of nitrogens with one attached hydrogen (secondary N) is 1. The first kappa shape index (κ1) is 25.2. The summed E-state index contributed by atoms with van der Waals surface area (Å²) in [5.41, 5.74) is 1.95. The number of aromatic amines is 1. The molecule has 198 valence electrons. The number of para-hydroxylation sites is 1. The highest BCUT2D eigenvalue weighted by Crippen LogP contribution is 2.32. The zero-order chi connectivity index (χ0) is 27.1. The smallest absolute Gasteiger partial charge is 0.337 e. The van der Waals surface area contributed by atoms with E-state index in [1.807, 2.05) is 23.1 Å². The summed E-state index contributed by atoms with van der Waals surface area (Å²) in [5, 5.41) is 0.463. The van der Waals surface area contributed by atoms with Crippen LogP contribution in [0.3, 0.4) is 0 Å². The van der Waals surface area contributed by atoms with E-state index in [0.717, 1.165) is 12.1 Å². The summed E-state index contributed by atoms with van der Waals surface area (Å²) in [6.45, 7) is 0.663. The molecule has 0 spiro atoms. The molecule has 11 heteroatoms. The van der Waals surface area contributed by atoms with Crippen LogP contribution in [0.25, 0.3) is 16.7 Å². The highest BCUT2D eigenvalue weighted by atomic mass is 32.2. The van der Waals surface area contributed by atoms with Crippen molar-refractivity contribution >= 4 is 28.7 Å². The molecule has 6 rings (SSSR count). The van der Waals surface area contributed by atoms with Gasteiger partial charge in [0, 0.05) is 18.7 Å². The molecule has 3 heterocycles. The highest BCUT2D eigenvalue weighted by molar-refractivity contribution is 7.98. The Kier molecular flexibility index (Phi) is 6.38. The van der Waals surface area contributed by atoms with Gasteiger partial charge in [0.2, 0.25) is 5.95 Å². The predicted molar refractivity (Wildman–Crippen MR) is 142 cm³/mol. The molecule has 5 aromatic rings. The molecular formula is C28H21F4N5OS. The third kappa shape index (κ3) is 4.89. The van der Waals surface area contributed by atoms with Gasteiger partial charge in [0.15, 0.2) is 5.16 Å². The van der Waals surface area contributed by atoms with E-state index in [4.69, 9.17) is 4.98 Å². The standard InChI is InChI=1S/C28H21F4N5OS/c29-21-9-5-4-6-17(21)16-39-27-35-22-12-13-36(15-20(22)25(38)37(27)19-7-2-1-3-8-19)26-33-23-11-10-18(28(30,31)32)14-24(23)34-26/h1-11,14H,12-13,15-16H2,(H,33,34). The molecule has 0 atom stereocenters. The Labute approximate surface area is 224 Å². The van der Waals surface area contributed by atoms with E-state index in [9.17, 15) is 22.4 Å². The first-order chi connectivity index (χ1) is 18.8. The number of rotatable bonds is 5. The molecular weight excluding hydrogens is 530 g/mol. The van der Waals surface area contributed by atoms with E-state index in [0.29, 0.717) is 57.8 Å². The number of benzene rings is 3. The molecule has 0 fully saturated rings. The minimum absolute atomic E-state index is 0.193. The Morgan fingerprint density at radius 1 is 0.974 bits per heavy atom. The lowest BCUT2D eigenvalue weighted by atomic mass is 10.1. The van der Waals surface area contributed by atoms with E-state index < -0.39 is 11.7 Å². The largest absolute Gasteiger partial charge is 0.416 e. The summed E-state index contributed by atoms with van der Waals surface area (Å²) < 4.78 is 55.3. The van der Waals surface area contributed by atoms with Gasteiger partial charge in [0.1, 0.15) is 5.82 Å². The fraction of sp³-hybridized carbons (Fsp3) is 0.179. The monoisotopic (exact) mass is 551 g/mol. The van der Waals surface area contributed by atoms with Crippen LogP contribution in [0.2, 0.25) is 0 Å². The molecule has 3 aromatic carbocycles. The number of halogens is 4. The van der Waals surface area contributed by atoms with Crippen LogP contribution in [0.1, 0.15) is 22.4 Å². The SMILES string of the molecule is O=c1c2c(nc(SCc3ccccc3F)n1-c1ccccc1)CCN(c1nc3ccc(C(F)(F)F)cc3[nH]1)C2.